The second kappa shape index (κ2) is 24.4. The van der Waals surface area contributed by atoms with Crippen LogP contribution in [0.4, 0.5) is 0 Å². The zero-order chi connectivity index (χ0) is 12.7. The quantitative estimate of drug-likeness (QED) is 0.729. The molecule has 0 aliphatic rings. The Labute approximate surface area is 119 Å². The fourth-order valence-corrected chi connectivity index (χ4v) is 0.953. The van der Waals surface area contributed by atoms with Gasteiger partial charge in [-0.2, -0.15) is 17.7 Å². The van der Waals surface area contributed by atoms with Crippen LogP contribution in [0.15, 0.2) is 24.3 Å². The Balaban J connectivity index is -0.0000000900. The second-order valence-corrected chi connectivity index (χ2v) is 2.53. The van der Waals surface area contributed by atoms with E-state index in [0.717, 1.165) is 27.2 Å². The zero-order valence-corrected chi connectivity index (χ0v) is 13.4. The van der Waals surface area contributed by atoms with Crippen LogP contribution < -0.4 is 0 Å². The van der Waals surface area contributed by atoms with Crippen LogP contribution in [0.2, 0.25) is 0 Å². The van der Waals surface area contributed by atoms with Gasteiger partial charge in [0.05, 0.1) is 0 Å². The first kappa shape index (κ1) is 25.1. The molecule has 96 valence electrons. The van der Waals surface area contributed by atoms with Gasteiger partial charge < -0.3 is 15.3 Å². The minimum Gasteiger partial charge on any atom is -0.400 e. The summed E-state index contributed by atoms with van der Waals surface area (Å²) in [6.45, 7) is 4.48. The molecular weight excluding hydrogens is 283 g/mol. The van der Waals surface area contributed by atoms with Crippen molar-refractivity contribution in [3.63, 3.8) is 0 Å². The molecule has 3 nitrogen and oxygen atoms in total. The predicted octanol–water partition coefficient (Wildman–Crippen LogP) is 1.74. The molecule has 16 heavy (non-hydrogen) atoms. The Morgan fingerprint density at radius 3 is 1.50 bits per heavy atom. The molecule has 1 rings (SSSR count). The molecule has 0 bridgehead atoms. The minimum atomic E-state index is 0. The molecule has 0 spiro atoms. The smallest absolute Gasteiger partial charge is 0.0319 e. The molecule has 0 fully saturated rings. The summed E-state index contributed by atoms with van der Waals surface area (Å²) in [6, 6.07) is 8.57. The van der Waals surface area contributed by atoms with Gasteiger partial charge in [0.1, 0.15) is 0 Å². The minimum absolute atomic E-state index is 0. The fourth-order valence-electron chi connectivity index (χ4n) is 0.953. The van der Waals surface area contributed by atoms with Crippen molar-refractivity contribution in [2.75, 3.05) is 21.3 Å². The maximum Gasteiger partial charge on any atom is 0.0319 e. The number of aliphatic hydroxyl groups is 3. The summed E-state index contributed by atoms with van der Waals surface area (Å²) >= 11 is 0. The first-order valence-electron chi connectivity index (χ1n) is 4.90. The number of hydrogen-bond acceptors (Lipinski definition) is 3. The van der Waals surface area contributed by atoms with Gasteiger partial charge in [0.15, 0.2) is 0 Å². The van der Waals surface area contributed by atoms with Gasteiger partial charge in [-0.25, -0.2) is 12.1 Å². The largest absolute Gasteiger partial charge is 0.400 e. The second-order valence-electron chi connectivity index (χ2n) is 2.53. The number of hydrogen-bond donors (Lipinski definition) is 3. The molecule has 3 N–H and O–H groups in total. The maximum absolute atomic E-state index is 7.00. The van der Waals surface area contributed by atoms with Gasteiger partial charge in [-0.3, -0.25) is 0 Å². The van der Waals surface area contributed by atoms with E-state index in [9.17, 15) is 0 Å². The average Bonchev–Trinajstić information content (AvgIpc) is 2.89. The normalized spacial score (nSPS) is 8.75. The Morgan fingerprint density at radius 2 is 1.25 bits per heavy atom. The standard InChI is InChI=1S/C9H13.3CH4O.Zr/c1-3-8(2)9-6-4-5-7-9;3*1-2;/h4-8H,3H2,1-2H3;3*2H,1H3;/q-1;;;;. The molecule has 1 atom stereocenters. The third kappa shape index (κ3) is 14.1. The first-order chi connectivity index (χ1) is 7.34. The molecule has 4 heteroatoms. The van der Waals surface area contributed by atoms with Gasteiger partial charge in [0.25, 0.3) is 0 Å². The van der Waals surface area contributed by atoms with Gasteiger partial charge >= 0.3 is 0 Å². The zero-order valence-electron chi connectivity index (χ0n) is 10.9. The van der Waals surface area contributed by atoms with Crippen molar-refractivity contribution in [3.05, 3.63) is 29.8 Å². The average molecular weight is 309 g/mol. The van der Waals surface area contributed by atoms with Gasteiger partial charge in [-0.05, 0) is 0 Å². The molecule has 0 amide bonds. The molecule has 0 aliphatic heterocycles. The Bertz CT molecular complexity index is 165. The number of aliphatic hydroxyl groups excluding tert-OH is 3. The van der Waals surface area contributed by atoms with E-state index in [1.165, 1.54) is 12.0 Å². The van der Waals surface area contributed by atoms with Crippen LogP contribution >= 0.6 is 0 Å². The molecule has 0 saturated carbocycles. The van der Waals surface area contributed by atoms with Crippen LogP contribution in [0.3, 0.4) is 0 Å². The summed E-state index contributed by atoms with van der Waals surface area (Å²) in [5.41, 5.74) is 1.47. The van der Waals surface area contributed by atoms with E-state index in [0.29, 0.717) is 0 Å². The summed E-state index contributed by atoms with van der Waals surface area (Å²) in [4.78, 5) is 0. The van der Waals surface area contributed by atoms with E-state index < -0.39 is 0 Å². The molecular formula is C12H25O3Zr-. The van der Waals surface area contributed by atoms with Crippen molar-refractivity contribution >= 4 is 0 Å². The van der Waals surface area contributed by atoms with E-state index in [2.05, 4.69) is 38.1 Å². The summed E-state index contributed by atoms with van der Waals surface area (Å²) in [7, 11) is 3.00. The van der Waals surface area contributed by atoms with Crippen molar-refractivity contribution in [1.29, 1.82) is 0 Å². The Kier molecular flexibility index (Phi) is 38.2. The molecule has 1 unspecified atom stereocenters. The van der Waals surface area contributed by atoms with E-state index in [4.69, 9.17) is 15.3 Å². The van der Waals surface area contributed by atoms with Crippen LogP contribution in [0.1, 0.15) is 31.7 Å². The summed E-state index contributed by atoms with van der Waals surface area (Å²) in [5, 5.41) is 21.0. The van der Waals surface area contributed by atoms with Gasteiger partial charge in [0, 0.05) is 47.5 Å². The first-order valence-corrected chi connectivity index (χ1v) is 4.90. The van der Waals surface area contributed by atoms with Crippen LogP contribution in [-0.4, -0.2) is 36.6 Å². The van der Waals surface area contributed by atoms with Gasteiger partial charge in [0.2, 0.25) is 0 Å². The Hall–Kier alpha value is 0.113. The Morgan fingerprint density at radius 1 is 0.938 bits per heavy atom. The monoisotopic (exact) mass is 307 g/mol. The summed E-state index contributed by atoms with van der Waals surface area (Å²) < 4.78 is 0. The van der Waals surface area contributed by atoms with Crippen LogP contribution in [0.5, 0.6) is 0 Å². The SMILES string of the molecule is CCC(C)[c-]1cccc1.CO.CO.CO.[Zr]. The van der Waals surface area contributed by atoms with Crippen molar-refractivity contribution in [3.8, 4) is 0 Å². The van der Waals surface area contributed by atoms with Crippen LogP contribution in [-0.2, 0) is 26.2 Å². The third-order valence-corrected chi connectivity index (χ3v) is 1.87. The topological polar surface area (TPSA) is 60.7 Å². The molecule has 0 radical (unpaired) electrons. The summed E-state index contributed by atoms with van der Waals surface area (Å²) in [5.74, 6) is 0.736. The van der Waals surface area contributed by atoms with Crippen molar-refractivity contribution < 1.29 is 41.5 Å². The van der Waals surface area contributed by atoms with E-state index in [1.54, 1.807) is 0 Å². The van der Waals surface area contributed by atoms with E-state index in [-0.39, 0.29) is 26.2 Å². The van der Waals surface area contributed by atoms with Gasteiger partial charge in [-0.15, -0.1) is 0 Å². The van der Waals surface area contributed by atoms with Crippen molar-refractivity contribution in [1.82, 2.24) is 0 Å². The number of rotatable bonds is 2. The maximum atomic E-state index is 7.00. The molecule has 0 heterocycles. The van der Waals surface area contributed by atoms with E-state index >= 15 is 0 Å². The van der Waals surface area contributed by atoms with Crippen LogP contribution in [0.25, 0.3) is 0 Å². The van der Waals surface area contributed by atoms with Crippen molar-refractivity contribution in [2.24, 2.45) is 0 Å². The van der Waals surface area contributed by atoms with Crippen molar-refractivity contribution in [2.45, 2.75) is 26.2 Å². The van der Waals surface area contributed by atoms with Gasteiger partial charge in [-0.1, -0.05) is 26.2 Å². The van der Waals surface area contributed by atoms with Crippen LogP contribution in [0, 0.1) is 0 Å². The molecule has 0 aliphatic carbocycles. The molecule has 0 saturated heterocycles. The molecule has 0 aromatic heterocycles. The summed E-state index contributed by atoms with van der Waals surface area (Å²) in [6.07, 6.45) is 1.24. The van der Waals surface area contributed by atoms with E-state index in [1.807, 2.05) is 0 Å². The molecule has 1 aromatic carbocycles. The predicted molar refractivity (Wildman–Crippen MR) is 65.2 cm³/mol. The third-order valence-electron chi connectivity index (χ3n) is 1.87. The fraction of sp³-hybridized carbons (Fsp3) is 0.583. The molecule has 1 aromatic rings.